The standard InChI is InChI=1S/C22H20N2O4/c1-23-20(25)16-17(21(23)26)19-22(27)28-12-15(13-8-4-2-5-9-13)24(19)18(16)14-10-6-3-7-11-14/h2-11,15-19H,12H2,1H3/t15-,16+,17-,18+,19+/m0/s1. The third-order valence-corrected chi connectivity index (χ3v) is 6.25. The molecule has 3 fully saturated rings. The fraction of sp³-hybridized carbons (Fsp3) is 0.318. The molecule has 0 bridgehead atoms. The number of fused-ring (bicyclic) bond motifs is 3. The van der Waals surface area contributed by atoms with Gasteiger partial charge in [0.05, 0.1) is 17.9 Å². The van der Waals surface area contributed by atoms with E-state index >= 15 is 0 Å². The second-order valence-electron chi connectivity index (χ2n) is 7.59. The van der Waals surface area contributed by atoms with Crippen LogP contribution in [-0.4, -0.2) is 47.3 Å². The fourth-order valence-corrected chi connectivity index (χ4v) is 5.03. The van der Waals surface area contributed by atoms with Crippen molar-refractivity contribution in [1.29, 1.82) is 0 Å². The Labute approximate surface area is 162 Å². The van der Waals surface area contributed by atoms with Crippen LogP contribution < -0.4 is 0 Å². The zero-order valence-electron chi connectivity index (χ0n) is 15.4. The molecule has 0 aliphatic carbocycles. The minimum Gasteiger partial charge on any atom is -0.462 e. The van der Waals surface area contributed by atoms with Gasteiger partial charge < -0.3 is 4.74 Å². The van der Waals surface area contributed by atoms with Gasteiger partial charge in [0.15, 0.2) is 0 Å². The molecule has 2 aromatic rings. The molecule has 5 rings (SSSR count). The SMILES string of the molecule is CN1C(=O)[C@@H]2[C@H](C1=O)[C@@H]1C(=O)OC[C@@H](c3ccccc3)N1[C@@H]2c1ccccc1. The van der Waals surface area contributed by atoms with Crippen molar-refractivity contribution in [2.75, 3.05) is 13.7 Å². The van der Waals surface area contributed by atoms with Gasteiger partial charge in [0, 0.05) is 13.1 Å². The molecule has 3 aliphatic heterocycles. The number of rotatable bonds is 2. The Balaban J connectivity index is 1.69. The van der Waals surface area contributed by atoms with Crippen LogP contribution >= 0.6 is 0 Å². The molecule has 0 N–H and O–H groups in total. The van der Waals surface area contributed by atoms with E-state index in [4.69, 9.17) is 4.74 Å². The zero-order chi connectivity index (χ0) is 19.4. The highest BCUT2D eigenvalue weighted by molar-refractivity contribution is 6.08. The monoisotopic (exact) mass is 376 g/mol. The smallest absolute Gasteiger partial charge is 0.324 e. The molecule has 0 spiro atoms. The number of nitrogens with zero attached hydrogens (tertiary/aromatic N) is 2. The number of ether oxygens (including phenoxy) is 1. The lowest BCUT2D eigenvalue weighted by molar-refractivity contribution is -0.166. The zero-order valence-corrected chi connectivity index (χ0v) is 15.4. The first-order valence-corrected chi connectivity index (χ1v) is 9.45. The average molecular weight is 376 g/mol. The van der Waals surface area contributed by atoms with Crippen LogP contribution in [0.4, 0.5) is 0 Å². The largest absolute Gasteiger partial charge is 0.462 e. The number of amides is 2. The Morgan fingerprint density at radius 3 is 1.93 bits per heavy atom. The maximum absolute atomic E-state index is 13.0. The normalized spacial score (nSPS) is 32.2. The Kier molecular flexibility index (Phi) is 3.84. The van der Waals surface area contributed by atoms with Gasteiger partial charge in [-0.05, 0) is 11.1 Å². The van der Waals surface area contributed by atoms with E-state index in [2.05, 4.69) is 4.90 Å². The van der Waals surface area contributed by atoms with Crippen molar-refractivity contribution in [1.82, 2.24) is 9.80 Å². The van der Waals surface area contributed by atoms with Crippen molar-refractivity contribution >= 4 is 17.8 Å². The van der Waals surface area contributed by atoms with E-state index < -0.39 is 23.8 Å². The van der Waals surface area contributed by atoms with Crippen LogP contribution in [-0.2, 0) is 19.1 Å². The van der Waals surface area contributed by atoms with Crippen LogP contribution in [0.2, 0.25) is 0 Å². The Morgan fingerprint density at radius 2 is 1.32 bits per heavy atom. The van der Waals surface area contributed by atoms with Crippen molar-refractivity contribution < 1.29 is 19.1 Å². The molecule has 2 aromatic carbocycles. The van der Waals surface area contributed by atoms with E-state index in [0.29, 0.717) is 0 Å². The molecular formula is C22H20N2O4. The first-order chi connectivity index (χ1) is 13.6. The molecule has 142 valence electrons. The van der Waals surface area contributed by atoms with E-state index in [-0.39, 0.29) is 30.5 Å². The number of likely N-dealkylation sites (tertiary alicyclic amines) is 1. The minimum absolute atomic E-state index is 0.203. The summed E-state index contributed by atoms with van der Waals surface area (Å²) in [6.07, 6.45) is 0. The molecule has 2 amide bonds. The highest BCUT2D eigenvalue weighted by Crippen LogP contribution is 2.54. The summed E-state index contributed by atoms with van der Waals surface area (Å²) >= 11 is 0. The van der Waals surface area contributed by atoms with E-state index in [1.165, 1.54) is 11.9 Å². The first kappa shape index (κ1) is 17.1. The van der Waals surface area contributed by atoms with Crippen LogP contribution in [0.3, 0.4) is 0 Å². The quantitative estimate of drug-likeness (QED) is 0.592. The number of morpholine rings is 1. The van der Waals surface area contributed by atoms with Crippen LogP contribution in [0.5, 0.6) is 0 Å². The van der Waals surface area contributed by atoms with Crippen molar-refractivity contribution in [3.05, 3.63) is 71.8 Å². The van der Waals surface area contributed by atoms with Gasteiger partial charge in [-0.15, -0.1) is 0 Å². The molecule has 3 heterocycles. The van der Waals surface area contributed by atoms with Gasteiger partial charge in [0.2, 0.25) is 11.8 Å². The van der Waals surface area contributed by atoms with Crippen molar-refractivity contribution in [2.45, 2.75) is 18.1 Å². The van der Waals surface area contributed by atoms with Gasteiger partial charge in [0.25, 0.3) is 0 Å². The lowest BCUT2D eigenvalue weighted by Crippen LogP contribution is -2.52. The van der Waals surface area contributed by atoms with Crippen LogP contribution in [0.1, 0.15) is 23.2 Å². The summed E-state index contributed by atoms with van der Waals surface area (Å²) in [4.78, 5) is 41.9. The Bertz CT molecular complexity index is 946. The number of esters is 1. The van der Waals surface area contributed by atoms with Gasteiger partial charge in [-0.2, -0.15) is 0 Å². The second kappa shape index (κ2) is 6.27. The van der Waals surface area contributed by atoms with Crippen LogP contribution in [0.15, 0.2) is 60.7 Å². The summed E-state index contributed by atoms with van der Waals surface area (Å²) in [7, 11) is 1.50. The predicted molar refractivity (Wildman–Crippen MR) is 99.7 cm³/mol. The summed E-state index contributed by atoms with van der Waals surface area (Å²) in [5, 5.41) is 0. The molecule has 0 saturated carbocycles. The molecule has 3 saturated heterocycles. The third kappa shape index (κ3) is 2.27. The molecule has 0 unspecified atom stereocenters. The highest BCUT2D eigenvalue weighted by Gasteiger charge is 2.66. The lowest BCUT2D eigenvalue weighted by Gasteiger charge is -2.41. The third-order valence-electron chi connectivity index (χ3n) is 6.25. The van der Waals surface area contributed by atoms with E-state index in [1.54, 1.807) is 0 Å². The molecule has 6 heteroatoms. The molecule has 0 aromatic heterocycles. The van der Waals surface area contributed by atoms with Gasteiger partial charge in [-0.3, -0.25) is 24.2 Å². The van der Waals surface area contributed by atoms with E-state index in [9.17, 15) is 14.4 Å². The summed E-state index contributed by atoms with van der Waals surface area (Å²) in [5.41, 5.74) is 1.95. The van der Waals surface area contributed by atoms with Crippen molar-refractivity contribution in [3.8, 4) is 0 Å². The second-order valence-corrected chi connectivity index (χ2v) is 7.59. The molecule has 6 nitrogen and oxygen atoms in total. The van der Waals surface area contributed by atoms with E-state index in [1.807, 2.05) is 60.7 Å². The molecule has 0 radical (unpaired) electrons. The predicted octanol–water partition coefficient (Wildman–Crippen LogP) is 1.94. The Morgan fingerprint density at radius 1 is 0.786 bits per heavy atom. The number of hydrogen-bond acceptors (Lipinski definition) is 5. The number of imide groups is 1. The number of benzene rings is 2. The maximum Gasteiger partial charge on any atom is 0.324 e. The first-order valence-electron chi connectivity index (χ1n) is 9.45. The van der Waals surface area contributed by atoms with Crippen LogP contribution in [0, 0.1) is 11.8 Å². The molecule has 5 atom stereocenters. The number of carbonyl (C=O) groups is 3. The summed E-state index contributed by atoms with van der Waals surface area (Å²) in [5.74, 6) is -2.23. The van der Waals surface area contributed by atoms with Gasteiger partial charge in [0.1, 0.15) is 12.6 Å². The summed E-state index contributed by atoms with van der Waals surface area (Å²) in [6.45, 7) is 0.209. The van der Waals surface area contributed by atoms with Gasteiger partial charge >= 0.3 is 5.97 Å². The highest BCUT2D eigenvalue weighted by atomic mass is 16.5. The topological polar surface area (TPSA) is 66.9 Å². The fourth-order valence-electron chi connectivity index (χ4n) is 5.03. The summed E-state index contributed by atoms with van der Waals surface area (Å²) in [6, 6.07) is 18.2. The molecular weight excluding hydrogens is 356 g/mol. The van der Waals surface area contributed by atoms with Crippen LogP contribution in [0.25, 0.3) is 0 Å². The molecule has 28 heavy (non-hydrogen) atoms. The van der Waals surface area contributed by atoms with Crippen molar-refractivity contribution in [3.63, 3.8) is 0 Å². The minimum atomic E-state index is -0.754. The van der Waals surface area contributed by atoms with Gasteiger partial charge in [-0.25, -0.2) is 0 Å². The number of hydrogen-bond donors (Lipinski definition) is 0. The van der Waals surface area contributed by atoms with Gasteiger partial charge in [-0.1, -0.05) is 60.7 Å². The number of cyclic esters (lactones) is 1. The van der Waals surface area contributed by atoms with E-state index in [0.717, 1.165) is 11.1 Å². The molecule has 3 aliphatic rings. The number of carbonyl (C=O) groups excluding carboxylic acids is 3. The summed E-state index contributed by atoms with van der Waals surface area (Å²) < 4.78 is 5.51. The average Bonchev–Trinajstić information content (AvgIpc) is 3.19. The lowest BCUT2D eigenvalue weighted by atomic mass is 9.86. The maximum atomic E-state index is 13.0. The Hall–Kier alpha value is -2.99. The van der Waals surface area contributed by atoms with Crippen molar-refractivity contribution in [2.24, 2.45) is 11.8 Å².